The molecule has 2 aliphatic carbocycles. The Kier molecular flexibility index (Phi) is 4.13. The van der Waals surface area contributed by atoms with Gasteiger partial charge in [-0.1, -0.05) is 23.2 Å². The van der Waals surface area contributed by atoms with E-state index in [1.807, 2.05) is 12.1 Å². The first-order valence-corrected chi connectivity index (χ1v) is 10.00. The van der Waals surface area contributed by atoms with E-state index in [0.29, 0.717) is 22.1 Å². The van der Waals surface area contributed by atoms with E-state index < -0.39 is 0 Å². The minimum Gasteiger partial charge on any atom is -0.353 e. The van der Waals surface area contributed by atoms with Crippen molar-refractivity contribution in [3.63, 3.8) is 0 Å². The fourth-order valence-electron chi connectivity index (χ4n) is 3.38. The van der Waals surface area contributed by atoms with Gasteiger partial charge in [-0.25, -0.2) is 19.9 Å². The summed E-state index contributed by atoms with van der Waals surface area (Å²) >= 11 is 12.4. The van der Waals surface area contributed by atoms with E-state index in [2.05, 4.69) is 19.8 Å². The summed E-state index contributed by atoms with van der Waals surface area (Å²) in [4.78, 5) is 22.8. The lowest BCUT2D eigenvalue weighted by Gasteiger charge is -2.36. The lowest BCUT2D eigenvalue weighted by atomic mass is 10.3. The zero-order chi connectivity index (χ0) is 17.7. The molecule has 1 saturated heterocycles. The van der Waals surface area contributed by atoms with E-state index in [-0.39, 0.29) is 0 Å². The molecule has 0 amide bonds. The number of nitrogens with zero attached hydrogens (tertiary/aromatic N) is 6. The van der Waals surface area contributed by atoms with Crippen molar-refractivity contribution in [2.75, 3.05) is 36.0 Å². The lowest BCUT2D eigenvalue weighted by molar-refractivity contribution is 0.636. The number of hydrogen-bond donors (Lipinski definition) is 0. The topological polar surface area (TPSA) is 58.0 Å². The molecular formula is C18H20Cl2N6. The van der Waals surface area contributed by atoms with Gasteiger partial charge >= 0.3 is 0 Å². The van der Waals surface area contributed by atoms with Crippen LogP contribution in [0.1, 0.15) is 49.2 Å². The molecule has 0 spiro atoms. The summed E-state index contributed by atoms with van der Waals surface area (Å²) in [5.74, 6) is 4.66. The molecule has 0 bridgehead atoms. The molecule has 136 valence electrons. The second kappa shape index (κ2) is 6.50. The minimum absolute atomic E-state index is 0.498. The zero-order valence-electron chi connectivity index (χ0n) is 14.4. The molecule has 5 rings (SSSR count). The number of anilines is 2. The summed E-state index contributed by atoms with van der Waals surface area (Å²) in [6, 6.07) is 3.74. The quantitative estimate of drug-likeness (QED) is 0.742. The largest absolute Gasteiger partial charge is 0.353 e. The zero-order valence-corrected chi connectivity index (χ0v) is 15.9. The maximum Gasteiger partial charge on any atom is 0.135 e. The number of aromatic nitrogens is 4. The first kappa shape index (κ1) is 16.5. The number of piperazine rings is 1. The Morgan fingerprint density at radius 2 is 1.04 bits per heavy atom. The van der Waals surface area contributed by atoms with E-state index in [1.54, 1.807) is 0 Å². The number of halogens is 2. The van der Waals surface area contributed by atoms with E-state index >= 15 is 0 Å². The smallest absolute Gasteiger partial charge is 0.135 e. The lowest BCUT2D eigenvalue weighted by Crippen LogP contribution is -2.47. The molecule has 2 aromatic heterocycles. The van der Waals surface area contributed by atoms with Gasteiger partial charge in [0.05, 0.1) is 0 Å². The molecule has 6 nitrogen and oxygen atoms in total. The van der Waals surface area contributed by atoms with Crippen molar-refractivity contribution >= 4 is 34.8 Å². The second-order valence-electron chi connectivity index (χ2n) is 7.34. The maximum absolute atomic E-state index is 6.22. The molecule has 1 aliphatic heterocycles. The normalized spacial score (nSPS) is 20.5. The summed E-state index contributed by atoms with van der Waals surface area (Å²) in [7, 11) is 0. The van der Waals surface area contributed by atoms with Gasteiger partial charge < -0.3 is 9.80 Å². The van der Waals surface area contributed by atoms with Crippen LogP contribution in [0.3, 0.4) is 0 Å². The molecule has 0 aromatic carbocycles. The van der Waals surface area contributed by atoms with Gasteiger partial charge in [0.25, 0.3) is 0 Å². The van der Waals surface area contributed by atoms with Gasteiger partial charge in [0.15, 0.2) is 0 Å². The highest BCUT2D eigenvalue weighted by molar-refractivity contribution is 6.29. The van der Waals surface area contributed by atoms with Crippen molar-refractivity contribution in [2.45, 2.75) is 37.5 Å². The Hall–Kier alpha value is -1.66. The third-order valence-corrected chi connectivity index (χ3v) is 5.60. The van der Waals surface area contributed by atoms with Gasteiger partial charge in [0.1, 0.15) is 33.6 Å². The first-order valence-electron chi connectivity index (χ1n) is 9.24. The Labute approximate surface area is 162 Å². The van der Waals surface area contributed by atoms with Gasteiger partial charge in [0.2, 0.25) is 0 Å². The van der Waals surface area contributed by atoms with Crippen LogP contribution in [0.15, 0.2) is 12.1 Å². The van der Waals surface area contributed by atoms with Crippen LogP contribution in [0.2, 0.25) is 10.3 Å². The predicted octanol–water partition coefficient (Wildman–Crippen LogP) is 3.65. The van der Waals surface area contributed by atoms with Crippen molar-refractivity contribution < 1.29 is 0 Å². The molecule has 0 unspecified atom stereocenters. The highest BCUT2D eigenvalue weighted by atomic mass is 35.5. The summed E-state index contributed by atoms with van der Waals surface area (Å²) in [5, 5.41) is 1.08. The Bertz CT molecular complexity index is 759. The molecule has 3 aliphatic rings. The molecule has 3 fully saturated rings. The van der Waals surface area contributed by atoms with Gasteiger partial charge in [-0.2, -0.15) is 0 Å². The van der Waals surface area contributed by atoms with Crippen LogP contribution in [0.4, 0.5) is 11.6 Å². The highest BCUT2D eigenvalue weighted by Crippen LogP contribution is 2.40. The van der Waals surface area contributed by atoms with Crippen LogP contribution in [0.5, 0.6) is 0 Å². The second-order valence-corrected chi connectivity index (χ2v) is 8.11. The van der Waals surface area contributed by atoms with Crippen LogP contribution in [-0.2, 0) is 0 Å². The third-order valence-electron chi connectivity index (χ3n) is 5.21. The summed E-state index contributed by atoms with van der Waals surface area (Å²) in [5.41, 5.74) is 0. The van der Waals surface area contributed by atoms with Crippen molar-refractivity contribution in [3.8, 4) is 0 Å². The molecule has 2 aromatic rings. The summed E-state index contributed by atoms with van der Waals surface area (Å²) < 4.78 is 0. The third kappa shape index (κ3) is 3.45. The average molecular weight is 391 g/mol. The predicted molar refractivity (Wildman–Crippen MR) is 102 cm³/mol. The van der Waals surface area contributed by atoms with Crippen molar-refractivity contribution in [2.24, 2.45) is 0 Å². The van der Waals surface area contributed by atoms with Crippen LogP contribution in [-0.4, -0.2) is 46.1 Å². The van der Waals surface area contributed by atoms with Gasteiger partial charge in [-0.05, 0) is 25.7 Å². The van der Waals surface area contributed by atoms with Gasteiger partial charge in [0, 0.05) is 50.1 Å². The fraction of sp³-hybridized carbons (Fsp3) is 0.556. The fourth-order valence-corrected chi connectivity index (χ4v) is 3.75. The van der Waals surface area contributed by atoms with E-state index in [9.17, 15) is 0 Å². The number of rotatable bonds is 4. The molecule has 3 heterocycles. The molecular weight excluding hydrogens is 371 g/mol. The van der Waals surface area contributed by atoms with Gasteiger partial charge in [-0.15, -0.1) is 0 Å². The average Bonchev–Trinajstić information content (AvgIpc) is 3.53. The molecule has 0 atom stereocenters. The molecule has 0 N–H and O–H groups in total. The molecule has 8 heteroatoms. The highest BCUT2D eigenvalue weighted by Gasteiger charge is 2.30. The van der Waals surface area contributed by atoms with Gasteiger partial charge in [-0.3, -0.25) is 0 Å². The SMILES string of the molecule is Clc1cc(N2CCN(c3cc(Cl)nc(C4CC4)n3)CC2)nc(C2CC2)n1. The van der Waals surface area contributed by atoms with E-state index in [4.69, 9.17) is 33.2 Å². The molecule has 2 saturated carbocycles. The van der Waals surface area contributed by atoms with Crippen molar-refractivity contribution in [3.05, 3.63) is 34.1 Å². The molecule has 0 radical (unpaired) electrons. The standard InChI is InChI=1S/C18H20Cl2N6/c19-13-9-15(23-17(21-13)11-1-2-11)25-5-7-26(8-6-25)16-10-14(20)22-18(24-16)12-3-4-12/h9-12H,1-8H2. The van der Waals surface area contributed by atoms with Crippen molar-refractivity contribution in [1.82, 2.24) is 19.9 Å². The molecule has 26 heavy (non-hydrogen) atoms. The maximum atomic E-state index is 6.22. The first-order chi connectivity index (χ1) is 12.7. The Morgan fingerprint density at radius 3 is 1.38 bits per heavy atom. The van der Waals surface area contributed by atoms with E-state index in [1.165, 1.54) is 25.7 Å². The van der Waals surface area contributed by atoms with Crippen LogP contribution in [0, 0.1) is 0 Å². The Balaban J connectivity index is 1.30. The van der Waals surface area contributed by atoms with E-state index in [0.717, 1.165) is 49.5 Å². The Morgan fingerprint density at radius 1 is 0.654 bits per heavy atom. The van der Waals surface area contributed by atoms with Crippen LogP contribution >= 0.6 is 23.2 Å². The summed E-state index contributed by atoms with van der Waals surface area (Å²) in [6.45, 7) is 3.49. The van der Waals surface area contributed by atoms with Crippen LogP contribution in [0.25, 0.3) is 0 Å². The van der Waals surface area contributed by atoms with Crippen molar-refractivity contribution in [1.29, 1.82) is 0 Å². The summed E-state index contributed by atoms with van der Waals surface area (Å²) in [6.07, 6.45) is 4.69. The monoisotopic (exact) mass is 390 g/mol. The van der Waals surface area contributed by atoms with Crippen LogP contribution < -0.4 is 9.80 Å². The number of hydrogen-bond acceptors (Lipinski definition) is 6. The minimum atomic E-state index is 0.498.